The molecule has 9 heteroatoms. The Kier molecular flexibility index (Phi) is 4.14. The van der Waals surface area contributed by atoms with Crippen molar-refractivity contribution < 1.29 is 12.8 Å². The molecule has 120 valence electrons. The van der Waals surface area contributed by atoms with Crippen LogP contribution < -0.4 is 5.32 Å². The smallest absolute Gasteiger partial charge is 0.254 e. The van der Waals surface area contributed by atoms with E-state index in [2.05, 4.69) is 15.4 Å². The Hall–Kier alpha value is -2.26. The summed E-state index contributed by atoms with van der Waals surface area (Å²) in [4.78, 5) is 5.02. The fourth-order valence-electron chi connectivity index (χ4n) is 1.93. The first-order valence-corrected chi connectivity index (χ1v) is 9.36. The molecule has 0 saturated carbocycles. The first-order chi connectivity index (χ1) is 10.9. The molecule has 1 N–H and O–H groups in total. The first kappa shape index (κ1) is 15.6. The van der Waals surface area contributed by atoms with Gasteiger partial charge in [-0.25, -0.2) is 12.8 Å². The lowest BCUT2D eigenvalue weighted by Gasteiger charge is -2.06. The molecule has 3 rings (SSSR count). The van der Waals surface area contributed by atoms with Gasteiger partial charge in [0.2, 0.25) is 5.95 Å². The van der Waals surface area contributed by atoms with Crippen molar-refractivity contribution in [2.24, 2.45) is 0 Å². The molecule has 0 amide bonds. The molecule has 0 bridgehead atoms. The molecule has 0 radical (unpaired) electrons. The highest BCUT2D eigenvalue weighted by atomic mass is 32.2. The maximum atomic E-state index is 12.9. The van der Waals surface area contributed by atoms with Crippen molar-refractivity contribution in [3.63, 3.8) is 0 Å². The summed E-state index contributed by atoms with van der Waals surface area (Å²) < 4.78 is 37.5. The van der Waals surface area contributed by atoms with Crippen LogP contribution in [0.5, 0.6) is 0 Å². The topological polar surface area (TPSA) is 76.9 Å². The number of hydrogen-bond donors (Lipinski definition) is 1. The third-order valence-electron chi connectivity index (χ3n) is 3.00. The van der Waals surface area contributed by atoms with Gasteiger partial charge in [-0.15, -0.1) is 20.5 Å². The number of nitrogens with one attached hydrogen (secondary N) is 1. The Labute approximate surface area is 136 Å². The average Bonchev–Trinajstić information content (AvgIpc) is 3.15. The summed E-state index contributed by atoms with van der Waals surface area (Å²) in [5.74, 6) is 0.139. The van der Waals surface area contributed by atoms with Crippen molar-refractivity contribution >= 4 is 27.3 Å². The van der Waals surface area contributed by atoms with Crippen molar-refractivity contribution in [1.29, 1.82) is 0 Å². The van der Waals surface area contributed by atoms with Crippen LogP contribution in [-0.4, -0.2) is 28.8 Å². The summed E-state index contributed by atoms with van der Waals surface area (Å²) in [6.45, 7) is 0.304. The van der Waals surface area contributed by atoms with Gasteiger partial charge in [0.25, 0.3) is 10.0 Å². The Morgan fingerprint density at radius 2 is 2.00 bits per heavy atom. The van der Waals surface area contributed by atoms with Gasteiger partial charge < -0.3 is 5.32 Å². The van der Waals surface area contributed by atoms with Crippen LogP contribution in [0.1, 0.15) is 5.56 Å². The van der Waals surface area contributed by atoms with Crippen molar-refractivity contribution in [3.8, 4) is 10.7 Å². The van der Waals surface area contributed by atoms with Gasteiger partial charge in [-0.05, 0) is 29.1 Å². The van der Waals surface area contributed by atoms with Gasteiger partial charge in [0, 0.05) is 6.54 Å². The molecule has 0 aliphatic heterocycles. The van der Waals surface area contributed by atoms with Gasteiger partial charge in [-0.1, -0.05) is 18.2 Å². The highest BCUT2D eigenvalue weighted by Crippen LogP contribution is 2.23. The minimum atomic E-state index is -3.59. The monoisotopic (exact) mass is 352 g/mol. The molecule has 0 aliphatic carbocycles. The molecule has 23 heavy (non-hydrogen) atoms. The van der Waals surface area contributed by atoms with E-state index in [1.54, 1.807) is 12.1 Å². The van der Waals surface area contributed by atoms with Crippen LogP contribution >= 0.6 is 11.3 Å². The van der Waals surface area contributed by atoms with E-state index in [-0.39, 0.29) is 11.8 Å². The summed E-state index contributed by atoms with van der Waals surface area (Å²) in [6, 6.07) is 9.57. The normalized spacial score (nSPS) is 11.6. The predicted octanol–water partition coefficient (Wildman–Crippen LogP) is 2.57. The lowest BCUT2D eigenvalue weighted by atomic mass is 10.2. The van der Waals surface area contributed by atoms with Crippen LogP contribution in [0.15, 0.2) is 41.8 Å². The molecule has 0 spiro atoms. The lowest BCUT2D eigenvalue weighted by molar-refractivity contribution is 0.587. The van der Waals surface area contributed by atoms with Gasteiger partial charge in [0.1, 0.15) is 5.82 Å². The maximum absolute atomic E-state index is 12.9. The van der Waals surface area contributed by atoms with Gasteiger partial charge in [0.15, 0.2) is 5.82 Å². The zero-order valence-electron chi connectivity index (χ0n) is 12.1. The number of benzene rings is 1. The number of thiophene rings is 1. The zero-order chi connectivity index (χ0) is 16.4. The molecular weight excluding hydrogens is 339 g/mol. The minimum absolute atomic E-state index is 0.125. The van der Waals surface area contributed by atoms with Gasteiger partial charge in [0.05, 0.1) is 11.1 Å². The fraction of sp³-hybridized carbons (Fsp3) is 0.143. The molecular formula is C14H13FN4O2S2. The van der Waals surface area contributed by atoms with Crippen molar-refractivity contribution in [2.45, 2.75) is 6.54 Å². The van der Waals surface area contributed by atoms with Crippen LogP contribution in [-0.2, 0) is 16.6 Å². The number of hydrogen-bond acceptors (Lipinski definition) is 6. The Bertz CT molecular complexity index is 903. The molecule has 2 aromatic heterocycles. The van der Waals surface area contributed by atoms with E-state index in [4.69, 9.17) is 0 Å². The molecule has 6 nitrogen and oxygen atoms in total. The van der Waals surface area contributed by atoms with Crippen LogP contribution in [0.3, 0.4) is 0 Å². The molecule has 0 fully saturated rings. The Morgan fingerprint density at radius 1 is 1.26 bits per heavy atom. The second kappa shape index (κ2) is 6.09. The molecule has 3 aromatic rings. The van der Waals surface area contributed by atoms with Crippen LogP contribution in [0.25, 0.3) is 10.7 Å². The number of aromatic nitrogens is 3. The summed E-state index contributed by atoms with van der Waals surface area (Å²) in [6.07, 6.45) is 1.06. The number of halogens is 1. The van der Waals surface area contributed by atoms with Crippen LogP contribution in [0.2, 0.25) is 0 Å². The maximum Gasteiger partial charge on any atom is 0.254 e. The second-order valence-electron chi connectivity index (χ2n) is 4.82. The van der Waals surface area contributed by atoms with E-state index >= 15 is 0 Å². The standard InChI is InChI=1S/C14H13FN4O2S2/c1-23(20,21)19-14(16-9-10-4-6-11(15)7-5-10)17-13(18-19)12-3-2-8-22-12/h2-8H,9H2,1H3,(H,16,17,18). The van der Waals surface area contributed by atoms with Crippen LogP contribution in [0.4, 0.5) is 10.3 Å². The zero-order valence-corrected chi connectivity index (χ0v) is 13.7. The average molecular weight is 352 g/mol. The van der Waals surface area contributed by atoms with Gasteiger partial charge >= 0.3 is 0 Å². The summed E-state index contributed by atoms with van der Waals surface area (Å²) in [7, 11) is -3.59. The Balaban J connectivity index is 1.89. The molecule has 0 aliphatic rings. The third kappa shape index (κ3) is 3.57. The van der Waals surface area contributed by atoms with Crippen molar-refractivity contribution in [2.75, 3.05) is 11.6 Å². The molecule has 0 saturated heterocycles. The largest absolute Gasteiger partial charge is 0.349 e. The first-order valence-electron chi connectivity index (χ1n) is 6.63. The quantitative estimate of drug-likeness (QED) is 0.764. The van der Waals surface area contributed by atoms with E-state index in [1.807, 2.05) is 17.5 Å². The Morgan fingerprint density at radius 3 is 2.61 bits per heavy atom. The van der Waals surface area contributed by atoms with E-state index in [0.29, 0.717) is 12.4 Å². The minimum Gasteiger partial charge on any atom is -0.349 e. The molecule has 0 unspecified atom stereocenters. The van der Waals surface area contributed by atoms with E-state index in [9.17, 15) is 12.8 Å². The third-order valence-corrected chi connectivity index (χ3v) is 4.75. The number of anilines is 1. The SMILES string of the molecule is CS(=O)(=O)n1nc(-c2cccs2)nc1NCc1ccc(F)cc1. The van der Waals surface area contributed by atoms with E-state index in [1.165, 1.54) is 23.5 Å². The van der Waals surface area contributed by atoms with Crippen LogP contribution in [0, 0.1) is 5.82 Å². The van der Waals surface area contributed by atoms with Gasteiger partial charge in [-0.2, -0.15) is 4.98 Å². The second-order valence-corrected chi connectivity index (χ2v) is 7.58. The number of rotatable bonds is 5. The highest BCUT2D eigenvalue weighted by Gasteiger charge is 2.18. The molecule has 2 heterocycles. The predicted molar refractivity (Wildman–Crippen MR) is 87.3 cm³/mol. The van der Waals surface area contributed by atoms with Crippen molar-refractivity contribution in [1.82, 2.24) is 14.2 Å². The fourth-order valence-corrected chi connectivity index (χ4v) is 3.23. The summed E-state index contributed by atoms with van der Waals surface area (Å²) in [5.41, 5.74) is 0.798. The lowest BCUT2D eigenvalue weighted by Crippen LogP contribution is -2.16. The van der Waals surface area contributed by atoms with E-state index in [0.717, 1.165) is 20.8 Å². The highest BCUT2D eigenvalue weighted by molar-refractivity contribution is 7.89. The van der Waals surface area contributed by atoms with Crippen molar-refractivity contribution in [3.05, 3.63) is 53.2 Å². The van der Waals surface area contributed by atoms with E-state index < -0.39 is 10.0 Å². The number of nitrogens with zero attached hydrogens (tertiary/aromatic N) is 3. The molecule has 1 aromatic carbocycles. The molecule has 0 atom stereocenters. The summed E-state index contributed by atoms with van der Waals surface area (Å²) in [5, 5.41) is 8.85. The summed E-state index contributed by atoms with van der Waals surface area (Å²) >= 11 is 1.42. The van der Waals surface area contributed by atoms with Gasteiger partial charge in [-0.3, -0.25) is 0 Å².